The quantitative estimate of drug-likeness (QED) is 0.798. The highest BCUT2D eigenvalue weighted by molar-refractivity contribution is 5.91. The number of methoxy groups -OCH3 is 1. The molecular weight excluding hydrogens is 306 g/mol. The molecule has 0 aliphatic carbocycles. The van der Waals surface area contributed by atoms with E-state index in [1.807, 2.05) is 6.07 Å². The van der Waals surface area contributed by atoms with Crippen molar-refractivity contribution >= 4 is 23.3 Å². The first-order chi connectivity index (χ1) is 11.6. The van der Waals surface area contributed by atoms with E-state index in [0.29, 0.717) is 23.4 Å². The normalized spacial score (nSPS) is 9.67. The molecule has 2 aromatic carbocycles. The number of carbonyl (C=O) groups is 2. The predicted octanol–water partition coefficient (Wildman–Crippen LogP) is 2.79. The first-order valence-corrected chi connectivity index (χ1v) is 7.34. The van der Waals surface area contributed by atoms with Crippen molar-refractivity contribution in [1.29, 1.82) is 5.26 Å². The molecule has 0 bridgehead atoms. The van der Waals surface area contributed by atoms with E-state index in [1.165, 1.54) is 7.11 Å². The van der Waals surface area contributed by atoms with Crippen LogP contribution in [0.25, 0.3) is 0 Å². The third-order valence-corrected chi connectivity index (χ3v) is 3.24. The molecule has 0 radical (unpaired) electrons. The number of anilines is 2. The Kier molecular flexibility index (Phi) is 5.92. The lowest BCUT2D eigenvalue weighted by Crippen LogP contribution is -2.16. The van der Waals surface area contributed by atoms with Crippen molar-refractivity contribution in [3.63, 3.8) is 0 Å². The molecule has 0 fully saturated rings. The highest BCUT2D eigenvalue weighted by Gasteiger charge is 2.06. The molecule has 6 heteroatoms. The van der Waals surface area contributed by atoms with Crippen LogP contribution in [0, 0.1) is 11.3 Å². The summed E-state index contributed by atoms with van der Waals surface area (Å²) in [4.78, 5) is 23.4. The lowest BCUT2D eigenvalue weighted by Gasteiger charge is -2.08. The Balaban J connectivity index is 1.84. The average Bonchev–Trinajstić information content (AvgIpc) is 2.61. The molecule has 0 aliphatic rings. The molecule has 2 aromatic rings. The van der Waals surface area contributed by atoms with Gasteiger partial charge in [-0.15, -0.1) is 0 Å². The maximum Gasteiger partial charge on any atom is 0.337 e. The maximum absolute atomic E-state index is 11.9. The van der Waals surface area contributed by atoms with Crippen molar-refractivity contribution in [3.05, 3.63) is 59.7 Å². The molecule has 0 aromatic heterocycles. The van der Waals surface area contributed by atoms with E-state index in [2.05, 4.69) is 15.4 Å². The molecule has 0 saturated carbocycles. The highest BCUT2D eigenvalue weighted by atomic mass is 16.5. The summed E-state index contributed by atoms with van der Waals surface area (Å²) in [5, 5.41) is 14.7. The molecule has 0 saturated heterocycles. The molecule has 0 heterocycles. The monoisotopic (exact) mass is 323 g/mol. The number of nitrogens with one attached hydrogen (secondary N) is 2. The minimum atomic E-state index is -0.409. The van der Waals surface area contributed by atoms with E-state index in [-0.39, 0.29) is 12.3 Å². The molecule has 6 nitrogen and oxygen atoms in total. The third kappa shape index (κ3) is 4.85. The Labute approximate surface area is 140 Å². The van der Waals surface area contributed by atoms with Crippen LogP contribution in [0.5, 0.6) is 0 Å². The molecular formula is C18H17N3O3. The Morgan fingerprint density at radius 1 is 1.12 bits per heavy atom. The standard InChI is InChI=1S/C18H17N3O3/c1-24-18(23)14-5-3-6-15(11-14)20-9-8-17(22)21-16-7-2-4-13(10-16)12-19/h2-7,10-11,20H,8-9H2,1H3,(H,21,22). The average molecular weight is 323 g/mol. The second-order valence-electron chi connectivity index (χ2n) is 4.99. The van der Waals surface area contributed by atoms with Gasteiger partial charge < -0.3 is 15.4 Å². The van der Waals surface area contributed by atoms with Crippen LogP contribution < -0.4 is 10.6 Å². The van der Waals surface area contributed by atoms with Gasteiger partial charge in [-0.3, -0.25) is 4.79 Å². The van der Waals surface area contributed by atoms with Gasteiger partial charge in [0.25, 0.3) is 0 Å². The molecule has 0 atom stereocenters. The van der Waals surface area contributed by atoms with Gasteiger partial charge >= 0.3 is 5.97 Å². The summed E-state index contributed by atoms with van der Waals surface area (Å²) < 4.78 is 4.67. The van der Waals surface area contributed by atoms with Gasteiger partial charge in [-0.1, -0.05) is 12.1 Å². The van der Waals surface area contributed by atoms with Crippen molar-refractivity contribution < 1.29 is 14.3 Å². The Morgan fingerprint density at radius 2 is 1.88 bits per heavy atom. The molecule has 24 heavy (non-hydrogen) atoms. The van der Waals surface area contributed by atoms with Crippen LogP contribution in [0.3, 0.4) is 0 Å². The number of esters is 1. The zero-order chi connectivity index (χ0) is 17.4. The largest absolute Gasteiger partial charge is 0.465 e. The van der Waals surface area contributed by atoms with Gasteiger partial charge in [0.15, 0.2) is 0 Å². The Bertz CT molecular complexity index is 781. The van der Waals surface area contributed by atoms with E-state index in [1.54, 1.807) is 48.5 Å². The minimum absolute atomic E-state index is 0.165. The molecule has 2 rings (SSSR count). The van der Waals surface area contributed by atoms with E-state index in [9.17, 15) is 9.59 Å². The molecule has 2 N–H and O–H groups in total. The van der Waals surface area contributed by atoms with Gasteiger partial charge in [0.1, 0.15) is 0 Å². The number of hydrogen-bond donors (Lipinski definition) is 2. The van der Waals surface area contributed by atoms with E-state index in [0.717, 1.165) is 5.69 Å². The van der Waals surface area contributed by atoms with Gasteiger partial charge in [-0.25, -0.2) is 4.79 Å². The topological polar surface area (TPSA) is 91.2 Å². The Hall–Kier alpha value is -3.33. The summed E-state index contributed by atoms with van der Waals surface area (Å²) in [6.07, 6.45) is 0.249. The number of nitriles is 1. The predicted molar refractivity (Wildman–Crippen MR) is 90.7 cm³/mol. The number of nitrogens with zero attached hydrogens (tertiary/aromatic N) is 1. The maximum atomic E-state index is 11.9. The fourth-order valence-corrected chi connectivity index (χ4v) is 2.08. The van der Waals surface area contributed by atoms with Gasteiger partial charge in [-0.05, 0) is 36.4 Å². The smallest absolute Gasteiger partial charge is 0.337 e. The molecule has 1 amide bonds. The number of hydrogen-bond acceptors (Lipinski definition) is 5. The van der Waals surface area contributed by atoms with E-state index < -0.39 is 5.97 Å². The number of ether oxygens (including phenoxy) is 1. The highest BCUT2D eigenvalue weighted by Crippen LogP contribution is 2.12. The van der Waals surface area contributed by atoms with Crippen molar-refractivity contribution in [3.8, 4) is 6.07 Å². The van der Waals surface area contributed by atoms with Crippen molar-refractivity contribution in [1.82, 2.24) is 0 Å². The van der Waals surface area contributed by atoms with Crippen molar-refractivity contribution in [2.75, 3.05) is 24.3 Å². The summed E-state index contributed by atoms with van der Waals surface area (Å²) in [6.45, 7) is 0.411. The first-order valence-electron chi connectivity index (χ1n) is 7.34. The molecule has 122 valence electrons. The SMILES string of the molecule is COC(=O)c1cccc(NCCC(=O)Nc2cccc(C#N)c2)c1. The van der Waals surface area contributed by atoms with Gasteiger partial charge in [-0.2, -0.15) is 5.26 Å². The second-order valence-corrected chi connectivity index (χ2v) is 4.99. The van der Waals surface area contributed by atoms with Gasteiger partial charge in [0.05, 0.1) is 24.3 Å². The number of carbonyl (C=O) groups excluding carboxylic acids is 2. The van der Waals surface area contributed by atoms with Crippen molar-refractivity contribution in [2.45, 2.75) is 6.42 Å². The second kappa shape index (κ2) is 8.34. The van der Waals surface area contributed by atoms with Crippen LogP contribution in [-0.4, -0.2) is 25.5 Å². The zero-order valence-corrected chi connectivity index (χ0v) is 13.2. The van der Waals surface area contributed by atoms with Crippen LogP contribution in [0.4, 0.5) is 11.4 Å². The minimum Gasteiger partial charge on any atom is -0.465 e. The summed E-state index contributed by atoms with van der Waals surface area (Å²) >= 11 is 0. The molecule has 0 spiro atoms. The zero-order valence-electron chi connectivity index (χ0n) is 13.2. The molecule has 0 aliphatic heterocycles. The number of amides is 1. The fourth-order valence-electron chi connectivity index (χ4n) is 2.08. The summed E-state index contributed by atoms with van der Waals surface area (Å²) in [5.41, 5.74) is 2.26. The third-order valence-electron chi connectivity index (χ3n) is 3.24. The van der Waals surface area contributed by atoms with Gasteiger partial charge in [0, 0.05) is 24.3 Å². The van der Waals surface area contributed by atoms with Crippen LogP contribution >= 0.6 is 0 Å². The number of benzene rings is 2. The number of rotatable bonds is 6. The van der Waals surface area contributed by atoms with E-state index >= 15 is 0 Å². The summed E-state index contributed by atoms with van der Waals surface area (Å²) in [7, 11) is 1.33. The summed E-state index contributed by atoms with van der Waals surface area (Å²) in [5.74, 6) is -0.574. The van der Waals surface area contributed by atoms with E-state index in [4.69, 9.17) is 5.26 Å². The lowest BCUT2D eigenvalue weighted by molar-refractivity contribution is -0.115. The van der Waals surface area contributed by atoms with Crippen LogP contribution in [-0.2, 0) is 9.53 Å². The van der Waals surface area contributed by atoms with Crippen LogP contribution in [0.1, 0.15) is 22.3 Å². The lowest BCUT2D eigenvalue weighted by atomic mass is 10.2. The van der Waals surface area contributed by atoms with Crippen LogP contribution in [0.2, 0.25) is 0 Å². The van der Waals surface area contributed by atoms with Gasteiger partial charge in [0.2, 0.25) is 5.91 Å². The van der Waals surface area contributed by atoms with Crippen molar-refractivity contribution in [2.24, 2.45) is 0 Å². The fraction of sp³-hybridized carbons (Fsp3) is 0.167. The Morgan fingerprint density at radius 3 is 2.62 bits per heavy atom. The first kappa shape index (κ1) is 17.0. The summed E-state index contributed by atoms with van der Waals surface area (Å²) in [6, 6.07) is 15.6. The van der Waals surface area contributed by atoms with Crippen LogP contribution in [0.15, 0.2) is 48.5 Å². The molecule has 0 unspecified atom stereocenters.